The summed E-state index contributed by atoms with van der Waals surface area (Å²) in [7, 11) is 1.65. The molecule has 0 bridgehead atoms. The summed E-state index contributed by atoms with van der Waals surface area (Å²) >= 11 is 7.11. The van der Waals surface area contributed by atoms with Crippen LogP contribution >= 0.6 is 23.4 Å². The van der Waals surface area contributed by atoms with Crippen molar-refractivity contribution in [3.8, 4) is 0 Å². The lowest BCUT2D eigenvalue weighted by Gasteiger charge is -2.13. The van der Waals surface area contributed by atoms with Crippen molar-refractivity contribution in [3.63, 3.8) is 0 Å². The Morgan fingerprint density at radius 3 is 2.43 bits per heavy atom. The van der Waals surface area contributed by atoms with Gasteiger partial charge in [-0.3, -0.25) is 4.79 Å². The van der Waals surface area contributed by atoms with Crippen LogP contribution in [-0.4, -0.2) is 18.2 Å². The molecule has 1 aromatic carbocycles. The fourth-order valence-electron chi connectivity index (χ4n) is 1.03. The van der Waals surface area contributed by atoms with Crippen molar-refractivity contribution in [3.05, 3.63) is 24.3 Å². The van der Waals surface area contributed by atoms with Gasteiger partial charge < -0.3 is 4.90 Å². The van der Waals surface area contributed by atoms with E-state index in [4.69, 9.17) is 11.6 Å². The highest BCUT2D eigenvalue weighted by Gasteiger charge is 2.06. The van der Waals surface area contributed by atoms with Crippen molar-refractivity contribution >= 4 is 34.4 Å². The molecule has 0 saturated carbocycles. The Balaban J connectivity index is 2.77. The number of carbonyl (C=O) groups excluding carboxylic acids is 1. The van der Waals surface area contributed by atoms with Gasteiger partial charge in [0.25, 0.3) is 0 Å². The molecule has 0 aliphatic rings. The highest BCUT2D eigenvalue weighted by molar-refractivity contribution is 7.99. The molecule has 0 saturated heterocycles. The number of hydrogen-bond donors (Lipinski definition) is 0. The van der Waals surface area contributed by atoms with E-state index in [9.17, 15) is 4.79 Å². The molecule has 0 radical (unpaired) electrons. The Morgan fingerprint density at radius 2 is 2.00 bits per heavy atom. The van der Waals surface area contributed by atoms with E-state index in [1.54, 1.807) is 18.8 Å². The van der Waals surface area contributed by atoms with Gasteiger partial charge in [-0.05, 0) is 41.6 Å². The fraction of sp³-hybridized carbons (Fsp3) is 0.300. The second kappa shape index (κ2) is 5.27. The normalized spacial score (nSPS) is 9.93. The van der Waals surface area contributed by atoms with Gasteiger partial charge in [-0.15, -0.1) is 11.8 Å². The zero-order valence-corrected chi connectivity index (χ0v) is 9.73. The van der Waals surface area contributed by atoms with Crippen LogP contribution in [0.3, 0.4) is 0 Å². The number of thioether (sulfide) groups is 1. The molecule has 1 aromatic rings. The Labute approximate surface area is 93.2 Å². The Hall–Kier alpha value is -0.670. The van der Waals surface area contributed by atoms with Crippen LogP contribution in [0.4, 0.5) is 10.5 Å². The maximum absolute atomic E-state index is 10.8. The molecule has 2 nitrogen and oxygen atoms in total. The maximum Gasteiger partial charge on any atom is 0.320 e. The summed E-state index contributed by atoms with van der Waals surface area (Å²) in [5.74, 6) is 1.05. The molecule has 14 heavy (non-hydrogen) atoms. The SMILES string of the molecule is CCSc1ccc(N(C)C(=O)Cl)cc1. The van der Waals surface area contributed by atoms with E-state index in [1.165, 1.54) is 9.80 Å². The van der Waals surface area contributed by atoms with Crippen molar-refractivity contribution in [2.24, 2.45) is 0 Å². The van der Waals surface area contributed by atoms with E-state index in [2.05, 4.69) is 6.92 Å². The van der Waals surface area contributed by atoms with Crippen LogP contribution in [0, 0.1) is 0 Å². The Bertz CT molecular complexity index is 312. The molecule has 0 aromatic heterocycles. The third kappa shape index (κ3) is 2.93. The van der Waals surface area contributed by atoms with Gasteiger partial charge in [0, 0.05) is 17.6 Å². The van der Waals surface area contributed by atoms with Crippen LogP contribution < -0.4 is 4.90 Å². The topological polar surface area (TPSA) is 20.3 Å². The molecule has 0 heterocycles. The van der Waals surface area contributed by atoms with Crippen molar-refractivity contribution in [2.45, 2.75) is 11.8 Å². The summed E-state index contributed by atoms with van der Waals surface area (Å²) in [5, 5.41) is -0.471. The van der Waals surface area contributed by atoms with Gasteiger partial charge in [0.1, 0.15) is 0 Å². The number of carbonyl (C=O) groups is 1. The molecule has 0 unspecified atom stereocenters. The second-order valence-electron chi connectivity index (χ2n) is 2.74. The number of hydrogen-bond acceptors (Lipinski definition) is 2. The first-order valence-corrected chi connectivity index (χ1v) is 5.67. The Morgan fingerprint density at radius 1 is 1.43 bits per heavy atom. The van der Waals surface area contributed by atoms with Crippen LogP contribution in [0.1, 0.15) is 6.92 Å². The molecule has 0 atom stereocenters. The third-order valence-electron chi connectivity index (χ3n) is 1.80. The van der Waals surface area contributed by atoms with Gasteiger partial charge in [-0.2, -0.15) is 0 Å². The zero-order chi connectivity index (χ0) is 10.6. The molecule has 0 aliphatic heterocycles. The lowest BCUT2D eigenvalue weighted by molar-refractivity contribution is 0.265. The molecule has 4 heteroatoms. The monoisotopic (exact) mass is 229 g/mol. The van der Waals surface area contributed by atoms with Gasteiger partial charge in [0.2, 0.25) is 0 Å². The molecule has 1 amide bonds. The maximum atomic E-state index is 10.8. The van der Waals surface area contributed by atoms with Gasteiger partial charge in [0.05, 0.1) is 0 Å². The highest BCUT2D eigenvalue weighted by atomic mass is 35.5. The first-order chi connectivity index (χ1) is 6.65. The summed E-state index contributed by atoms with van der Waals surface area (Å²) in [6.07, 6.45) is 0. The van der Waals surface area contributed by atoms with E-state index in [1.807, 2.05) is 24.3 Å². The average molecular weight is 230 g/mol. The lowest BCUT2D eigenvalue weighted by atomic mass is 10.3. The summed E-state index contributed by atoms with van der Waals surface area (Å²) < 4.78 is 0. The van der Waals surface area contributed by atoms with Gasteiger partial charge in [-0.25, -0.2) is 0 Å². The summed E-state index contributed by atoms with van der Waals surface area (Å²) in [6.45, 7) is 2.10. The summed E-state index contributed by atoms with van der Waals surface area (Å²) in [4.78, 5) is 13.4. The molecule has 0 aliphatic carbocycles. The summed E-state index contributed by atoms with van der Waals surface area (Å²) in [5.41, 5.74) is 0.811. The number of anilines is 1. The fourth-order valence-corrected chi connectivity index (χ4v) is 1.79. The molecule has 0 N–H and O–H groups in total. The number of halogens is 1. The quantitative estimate of drug-likeness (QED) is 0.449. The van der Waals surface area contributed by atoms with Crippen LogP contribution in [-0.2, 0) is 0 Å². The van der Waals surface area contributed by atoms with Crippen molar-refractivity contribution in [2.75, 3.05) is 17.7 Å². The van der Waals surface area contributed by atoms with Crippen molar-refractivity contribution in [1.29, 1.82) is 0 Å². The average Bonchev–Trinajstić information content (AvgIpc) is 2.18. The molecule has 0 fully saturated rings. The van der Waals surface area contributed by atoms with Crippen LogP contribution in [0.25, 0.3) is 0 Å². The number of benzene rings is 1. The van der Waals surface area contributed by atoms with Crippen LogP contribution in [0.5, 0.6) is 0 Å². The number of nitrogens with zero attached hydrogens (tertiary/aromatic N) is 1. The summed E-state index contributed by atoms with van der Waals surface area (Å²) in [6, 6.07) is 7.75. The van der Waals surface area contributed by atoms with E-state index in [0.717, 1.165) is 11.4 Å². The van der Waals surface area contributed by atoms with Gasteiger partial charge in [-0.1, -0.05) is 6.92 Å². The van der Waals surface area contributed by atoms with Crippen molar-refractivity contribution in [1.82, 2.24) is 0 Å². The molecule has 0 spiro atoms. The van der Waals surface area contributed by atoms with Crippen LogP contribution in [0.2, 0.25) is 0 Å². The highest BCUT2D eigenvalue weighted by Crippen LogP contribution is 2.21. The second-order valence-corrected chi connectivity index (χ2v) is 4.40. The zero-order valence-electron chi connectivity index (χ0n) is 8.16. The molecule has 76 valence electrons. The number of rotatable bonds is 3. The smallest absolute Gasteiger partial charge is 0.302 e. The van der Waals surface area contributed by atoms with E-state index in [0.29, 0.717) is 0 Å². The third-order valence-corrected chi connectivity index (χ3v) is 2.95. The number of amides is 1. The predicted molar refractivity (Wildman–Crippen MR) is 62.5 cm³/mol. The van der Waals surface area contributed by atoms with Crippen molar-refractivity contribution < 1.29 is 4.79 Å². The minimum absolute atomic E-state index is 0.471. The minimum atomic E-state index is -0.471. The first kappa shape index (κ1) is 11.4. The van der Waals surface area contributed by atoms with E-state index < -0.39 is 5.37 Å². The van der Waals surface area contributed by atoms with Crippen LogP contribution in [0.15, 0.2) is 29.2 Å². The lowest BCUT2D eigenvalue weighted by Crippen LogP contribution is -2.19. The molecular formula is C10H12ClNOS. The Kier molecular flexibility index (Phi) is 4.29. The van der Waals surface area contributed by atoms with E-state index in [-0.39, 0.29) is 0 Å². The largest absolute Gasteiger partial charge is 0.320 e. The minimum Gasteiger partial charge on any atom is -0.302 e. The first-order valence-electron chi connectivity index (χ1n) is 4.31. The molecular weight excluding hydrogens is 218 g/mol. The predicted octanol–water partition coefficient (Wildman–Crippen LogP) is 3.59. The van der Waals surface area contributed by atoms with Gasteiger partial charge >= 0.3 is 5.37 Å². The van der Waals surface area contributed by atoms with E-state index >= 15 is 0 Å². The standard InChI is InChI=1S/C10H12ClNOS/c1-3-14-9-6-4-8(5-7-9)12(2)10(11)13/h4-7H,3H2,1-2H3. The molecule has 1 rings (SSSR count). The van der Waals surface area contributed by atoms with Gasteiger partial charge in [0.15, 0.2) is 0 Å².